The lowest BCUT2D eigenvalue weighted by atomic mass is 10.0. The van der Waals surface area contributed by atoms with Crippen molar-refractivity contribution in [2.75, 3.05) is 43.5 Å². The van der Waals surface area contributed by atoms with Crippen LogP contribution in [0.3, 0.4) is 0 Å². The van der Waals surface area contributed by atoms with Gasteiger partial charge in [-0.15, -0.1) is 0 Å². The lowest BCUT2D eigenvalue weighted by molar-refractivity contribution is 0.0742. The van der Waals surface area contributed by atoms with Gasteiger partial charge in [0.1, 0.15) is 34.8 Å². The number of methoxy groups -OCH3 is 1. The molecule has 0 aliphatic carbocycles. The molecule has 252 valence electrons. The number of H-pyrrole nitrogens is 1. The Hall–Kier alpha value is -6.24. The van der Waals surface area contributed by atoms with Gasteiger partial charge in [0, 0.05) is 55.2 Å². The molecule has 3 aromatic heterocycles. The third kappa shape index (κ3) is 6.44. The highest BCUT2D eigenvalue weighted by molar-refractivity contribution is 5.95. The number of ether oxygens (including phenoxy) is 1. The summed E-state index contributed by atoms with van der Waals surface area (Å²) in [6.45, 7) is 1.78. The number of aromatic nitrogens is 4. The van der Waals surface area contributed by atoms with E-state index in [1.165, 1.54) is 37.4 Å². The summed E-state index contributed by atoms with van der Waals surface area (Å²) in [5.74, 6) is -1.10. The van der Waals surface area contributed by atoms with Crippen molar-refractivity contribution >= 4 is 34.0 Å². The lowest BCUT2D eigenvalue weighted by Crippen LogP contribution is -2.49. The summed E-state index contributed by atoms with van der Waals surface area (Å²) >= 11 is 0. The summed E-state index contributed by atoms with van der Waals surface area (Å²) in [4.78, 5) is 37.9. The molecule has 6 aromatic rings. The van der Waals surface area contributed by atoms with Crippen LogP contribution in [0.25, 0.3) is 21.9 Å². The molecule has 2 N–H and O–H groups in total. The molecule has 1 aliphatic heterocycles. The number of anilines is 3. The van der Waals surface area contributed by atoms with E-state index in [0.29, 0.717) is 65.4 Å². The molecule has 1 aliphatic rings. The van der Waals surface area contributed by atoms with E-state index in [-0.39, 0.29) is 28.9 Å². The summed E-state index contributed by atoms with van der Waals surface area (Å²) in [7, 11) is 1.39. The number of rotatable bonds is 8. The molecule has 1 saturated heterocycles. The van der Waals surface area contributed by atoms with Gasteiger partial charge in [0.25, 0.3) is 11.5 Å². The number of aromatic amines is 1. The van der Waals surface area contributed by atoms with Gasteiger partial charge in [-0.05, 0) is 48.0 Å². The van der Waals surface area contributed by atoms with Crippen molar-refractivity contribution in [3.05, 3.63) is 136 Å². The van der Waals surface area contributed by atoms with Crippen molar-refractivity contribution < 1.29 is 22.7 Å². The topological polar surface area (TPSA) is 116 Å². The van der Waals surface area contributed by atoms with Crippen LogP contribution >= 0.6 is 0 Å². The van der Waals surface area contributed by atoms with E-state index in [9.17, 15) is 18.4 Å². The van der Waals surface area contributed by atoms with Gasteiger partial charge in [0.2, 0.25) is 0 Å². The van der Waals surface area contributed by atoms with E-state index in [2.05, 4.69) is 30.4 Å². The molecular weight excluding hydrogens is 647 g/mol. The molecule has 0 spiro atoms. The van der Waals surface area contributed by atoms with Crippen LogP contribution in [0.5, 0.6) is 5.75 Å². The van der Waals surface area contributed by atoms with Gasteiger partial charge < -0.3 is 19.9 Å². The number of carbonyl (C=O) groups is 1. The van der Waals surface area contributed by atoms with E-state index in [1.54, 1.807) is 53.6 Å². The van der Waals surface area contributed by atoms with Gasteiger partial charge in [-0.2, -0.15) is 5.10 Å². The van der Waals surface area contributed by atoms with E-state index in [0.717, 1.165) is 11.9 Å². The molecule has 13 heteroatoms. The van der Waals surface area contributed by atoms with Crippen molar-refractivity contribution in [3.63, 3.8) is 0 Å². The summed E-state index contributed by atoms with van der Waals surface area (Å²) < 4.78 is 49.4. The van der Waals surface area contributed by atoms with Gasteiger partial charge in [-0.3, -0.25) is 9.59 Å². The van der Waals surface area contributed by atoms with Crippen LogP contribution < -0.4 is 20.5 Å². The van der Waals surface area contributed by atoms with Crippen molar-refractivity contribution in [1.29, 1.82) is 0 Å². The zero-order chi connectivity index (χ0) is 34.8. The van der Waals surface area contributed by atoms with Gasteiger partial charge in [0.05, 0.1) is 41.8 Å². The average Bonchev–Trinajstić information content (AvgIpc) is 3.14. The molecule has 1 amide bonds. The first-order valence-corrected chi connectivity index (χ1v) is 15.8. The second-order valence-electron chi connectivity index (χ2n) is 11.7. The van der Waals surface area contributed by atoms with Crippen molar-refractivity contribution in [1.82, 2.24) is 25.1 Å². The number of nitrogens with zero attached hydrogens (tertiary/aromatic N) is 5. The lowest BCUT2D eigenvalue weighted by Gasteiger charge is -2.36. The van der Waals surface area contributed by atoms with Crippen molar-refractivity contribution in [2.45, 2.75) is 6.42 Å². The van der Waals surface area contributed by atoms with Crippen LogP contribution in [0.1, 0.15) is 21.6 Å². The Morgan fingerprint density at radius 1 is 0.860 bits per heavy atom. The molecule has 0 bridgehead atoms. The van der Waals surface area contributed by atoms with E-state index >= 15 is 4.39 Å². The summed E-state index contributed by atoms with van der Waals surface area (Å²) in [6, 6.07) is 20.7. The van der Waals surface area contributed by atoms with Crippen LogP contribution in [0.15, 0.2) is 96.1 Å². The Kier molecular flexibility index (Phi) is 8.86. The number of hydrogen-bond donors (Lipinski definition) is 2. The second kappa shape index (κ2) is 13.7. The number of carbonyl (C=O) groups excluding carboxylic acids is 1. The number of halogens is 3. The van der Waals surface area contributed by atoms with E-state index in [1.807, 2.05) is 6.07 Å². The highest BCUT2D eigenvalue weighted by atomic mass is 19.1. The second-order valence-corrected chi connectivity index (χ2v) is 11.7. The molecule has 0 atom stereocenters. The quantitative estimate of drug-likeness (QED) is 0.199. The Bertz CT molecular complexity index is 2270. The molecular formula is C37H30F3N7O3. The molecule has 50 heavy (non-hydrogen) atoms. The Balaban J connectivity index is 0.995. The van der Waals surface area contributed by atoms with E-state index < -0.39 is 23.4 Å². The van der Waals surface area contributed by atoms with Crippen LogP contribution in [0, 0.1) is 17.5 Å². The molecule has 0 saturated carbocycles. The zero-order valence-corrected chi connectivity index (χ0v) is 26.8. The number of fused-ring (bicyclic) bond motifs is 1. The fourth-order valence-electron chi connectivity index (χ4n) is 6.09. The van der Waals surface area contributed by atoms with Crippen LogP contribution in [0.4, 0.5) is 30.5 Å². The largest absolute Gasteiger partial charge is 0.496 e. The Labute approximate surface area is 284 Å². The molecule has 10 nitrogen and oxygen atoms in total. The van der Waals surface area contributed by atoms with Crippen LogP contribution in [0.2, 0.25) is 0 Å². The number of piperazine rings is 1. The summed E-state index contributed by atoms with van der Waals surface area (Å²) in [5, 5.41) is 10.8. The molecule has 0 radical (unpaired) electrons. The fourth-order valence-corrected chi connectivity index (χ4v) is 6.09. The van der Waals surface area contributed by atoms with Gasteiger partial charge in [0.15, 0.2) is 0 Å². The maximum absolute atomic E-state index is 15.7. The monoisotopic (exact) mass is 677 g/mol. The number of nitrogens with one attached hydrogen (secondary N) is 2. The normalized spacial score (nSPS) is 13.0. The van der Waals surface area contributed by atoms with Crippen molar-refractivity contribution in [3.8, 4) is 16.9 Å². The van der Waals surface area contributed by atoms with Crippen LogP contribution in [-0.2, 0) is 6.42 Å². The van der Waals surface area contributed by atoms with Crippen LogP contribution in [-0.4, -0.2) is 64.3 Å². The minimum absolute atomic E-state index is 0.0165. The van der Waals surface area contributed by atoms with Gasteiger partial charge in [-0.25, -0.2) is 28.2 Å². The highest BCUT2D eigenvalue weighted by Gasteiger charge is 2.26. The van der Waals surface area contributed by atoms with E-state index in [4.69, 9.17) is 4.74 Å². The minimum atomic E-state index is -0.608. The standard InChI is InChI=1S/C37H30F3N7O3/c1-50-32-18-23(38)9-11-26(32)29-19-34(42-21-30(29)39)43-33-12-10-24(20-41-33)46-13-15-47(16-14-46)37(49)28-8-4-5-22(35(28)40)17-31-25-6-2-3-7-27(25)36(48)45-44-31/h2-12,18-21H,13-17H2,1H3,(H,45,48)(H,41,42,43). The summed E-state index contributed by atoms with van der Waals surface area (Å²) in [6.07, 6.45) is 2.87. The average molecular weight is 678 g/mol. The SMILES string of the molecule is COc1cc(F)ccc1-c1cc(Nc2ccc(N3CCN(C(=O)c4cccc(Cc5n[nH]c(=O)c6ccccc56)c4F)CC3)cn2)ncc1F. The maximum atomic E-state index is 15.7. The number of hydrogen-bond acceptors (Lipinski definition) is 8. The Morgan fingerprint density at radius 3 is 2.40 bits per heavy atom. The molecule has 1 fully saturated rings. The highest BCUT2D eigenvalue weighted by Crippen LogP contribution is 2.34. The number of amides is 1. The Morgan fingerprint density at radius 2 is 1.64 bits per heavy atom. The fraction of sp³-hybridized carbons (Fsp3) is 0.162. The predicted molar refractivity (Wildman–Crippen MR) is 183 cm³/mol. The van der Waals surface area contributed by atoms with Gasteiger partial charge in [-0.1, -0.05) is 30.3 Å². The smallest absolute Gasteiger partial charge is 0.272 e. The molecule has 7 rings (SSSR count). The third-order valence-electron chi connectivity index (χ3n) is 8.69. The molecule has 0 unspecified atom stereocenters. The first kappa shape index (κ1) is 32.3. The van der Waals surface area contributed by atoms with Gasteiger partial charge >= 0.3 is 0 Å². The maximum Gasteiger partial charge on any atom is 0.272 e. The zero-order valence-electron chi connectivity index (χ0n) is 26.8. The molecule has 3 aromatic carbocycles. The summed E-state index contributed by atoms with van der Waals surface area (Å²) in [5.41, 5.74) is 1.88. The number of benzene rings is 3. The third-order valence-corrected chi connectivity index (χ3v) is 8.69. The first-order chi connectivity index (χ1) is 24.3. The first-order valence-electron chi connectivity index (χ1n) is 15.8. The molecule has 4 heterocycles. The predicted octanol–water partition coefficient (Wildman–Crippen LogP) is 6.10. The number of pyridine rings is 2. The minimum Gasteiger partial charge on any atom is -0.496 e. The van der Waals surface area contributed by atoms with Crippen molar-refractivity contribution in [2.24, 2.45) is 0 Å².